The molecule has 1 heterocycles. The predicted octanol–water partition coefficient (Wildman–Crippen LogP) is 0.370. The molecule has 1 aliphatic carbocycles. The maximum absolute atomic E-state index is 12.5. The lowest BCUT2D eigenvalue weighted by Crippen LogP contribution is -2.52. The third-order valence-corrected chi connectivity index (χ3v) is 4.24. The molecule has 1 saturated carbocycles. The van der Waals surface area contributed by atoms with Crippen LogP contribution < -0.4 is 11.5 Å². The lowest BCUT2D eigenvalue weighted by atomic mass is 9.84. The van der Waals surface area contributed by atoms with Gasteiger partial charge in [0.1, 0.15) is 6.04 Å². The van der Waals surface area contributed by atoms with Gasteiger partial charge < -0.3 is 16.4 Å². The van der Waals surface area contributed by atoms with Gasteiger partial charge >= 0.3 is 0 Å². The van der Waals surface area contributed by atoms with Gasteiger partial charge in [-0.15, -0.1) is 0 Å². The number of primary amides is 1. The third-order valence-electron chi connectivity index (χ3n) is 4.24. The summed E-state index contributed by atoms with van der Waals surface area (Å²) >= 11 is 0. The number of hydrogen-bond acceptors (Lipinski definition) is 3. The number of carbonyl (C=O) groups excluding carboxylic acids is 2. The zero-order chi connectivity index (χ0) is 13.1. The van der Waals surface area contributed by atoms with E-state index in [0.29, 0.717) is 13.0 Å². The van der Waals surface area contributed by atoms with Crippen molar-refractivity contribution in [1.29, 1.82) is 0 Å². The second-order valence-corrected chi connectivity index (χ2v) is 5.56. The molecule has 2 rings (SSSR count). The number of likely N-dealkylation sites (tertiary alicyclic amines) is 1. The van der Waals surface area contributed by atoms with Crippen molar-refractivity contribution >= 4 is 11.8 Å². The van der Waals surface area contributed by atoms with Crippen molar-refractivity contribution in [3.8, 4) is 0 Å². The number of nitrogens with two attached hydrogens (primary N) is 2. The van der Waals surface area contributed by atoms with Gasteiger partial charge in [-0.1, -0.05) is 0 Å². The van der Waals surface area contributed by atoms with E-state index >= 15 is 0 Å². The zero-order valence-electron chi connectivity index (χ0n) is 10.8. The second kappa shape index (κ2) is 5.69. The normalized spacial score (nSPS) is 33.2. The average molecular weight is 253 g/mol. The highest BCUT2D eigenvalue weighted by atomic mass is 16.2. The van der Waals surface area contributed by atoms with Gasteiger partial charge in [-0.2, -0.15) is 0 Å². The first-order chi connectivity index (χ1) is 8.59. The molecule has 102 valence electrons. The van der Waals surface area contributed by atoms with Gasteiger partial charge in [-0.25, -0.2) is 0 Å². The molecule has 1 aliphatic heterocycles. The van der Waals surface area contributed by atoms with Crippen molar-refractivity contribution in [3.05, 3.63) is 0 Å². The Labute approximate surface area is 108 Å². The Morgan fingerprint density at radius 2 is 1.67 bits per heavy atom. The van der Waals surface area contributed by atoms with Gasteiger partial charge in [-0.3, -0.25) is 9.59 Å². The highest BCUT2D eigenvalue weighted by Gasteiger charge is 2.35. The Morgan fingerprint density at radius 1 is 1.00 bits per heavy atom. The molecule has 0 aromatic heterocycles. The predicted molar refractivity (Wildman–Crippen MR) is 68.5 cm³/mol. The number of amides is 2. The molecule has 0 radical (unpaired) electrons. The first kappa shape index (κ1) is 13.3. The summed E-state index contributed by atoms with van der Waals surface area (Å²) in [4.78, 5) is 25.6. The molecule has 0 aromatic carbocycles. The van der Waals surface area contributed by atoms with Gasteiger partial charge in [0.2, 0.25) is 11.8 Å². The van der Waals surface area contributed by atoms with Crippen molar-refractivity contribution < 1.29 is 9.59 Å². The summed E-state index contributed by atoms with van der Waals surface area (Å²) in [7, 11) is 0. The van der Waals surface area contributed by atoms with Crippen LogP contribution in [0.1, 0.15) is 44.9 Å². The molecule has 4 N–H and O–H groups in total. The maximum atomic E-state index is 12.5. The number of carbonyl (C=O) groups is 2. The third kappa shape index (κ3) is 2.83. The van der Waals surface area contributed by atoms with E-state index in [1.165, 1.54) is 0 Å². The molecule has 1 unspecified atom stereocenters. The smallest absolute Gasteiger partial charge is 0.240 e. The van der Waals surface area contributed by atoms with Crippen LogP contribution in [0.3, 0.4) is 0 Å². The molecule has 5 heteroatoms. The summed E-state index contributed by atoms with van der Waals surface area (Å²) in [6.45, 7) is 0.676. The van der Waals surface area contributed by atoms with E-state index in [2.05, 4.69) is 0 Å². The Balaban J connectivity index is 2.00. The van der Waals surface area contributed by atoms with Crippen LogP contribution in [0.25, 0.3) is 0 Å². The summed E-state index contributed by atoms with van der Waals surface area (Å²) in [5.41, 5.74) is 11.2. The van der Waals surface area contributed by atoms with E-state index in [-0.39, 0.29) is 29.8 Å². The number of nitrogens with zero attached hydrogens (tertiary/aromatic N) is 1. The molecular formula is C13H23N3O2. The summed E-state index contributed by atoms with van der Waals surface area (Å²) in [6, 6.07) is -0.149. The van der Waals surface area contributed by atoms with Crippen LogP contribution in [-0.2, 0) is 9.59 Å². The molecule has 2 fully saturated rings. The van der Waals surface area contributed by atoms with Crippen molar-refractivity contribution in [2.45, 2.75) is 57.0 Å². The fourth-order valence-corrected chi connectivity index (χ4v) is 3.09. The minimum atomic E-state index is -0.387. The topological polar surface area (TPSA) is 89.4 Å². The summed E-state index contributed by atoms with van der Waals surface area (Å²) in [6.07, 6.45) is 6.18. The van der Waals surface area contributed by atoms with E-state index < -0.39 is 0 Å². The van der Waals surface area contributed by atoms with Crippen molar-refractivity contribution in [3.63, 3.8) is 0 Å². The van der Waals surface area contributed by atoms with E-state index in [0.717, 1.165) is 38.5 Å². The number of hydrogen-bond donors (Lipinski definition) is 2. The van der Waals surface area contributed by atoms with Crippen LogP contribution in [-0.4, -0.2) is 35.3 Å². The standard InChI is InChI=1S/C13H23N3O2/c14-10-6-4-9(5-7-10)13(18)16-8-2-1-3-11(16)12(15)17/h9-11H,1-8,14H2,(H2,15,17). The minimum Gasteiger partial charge on any atom is -0.368 e. The van der Waals surface area contributed by atoms with Crippen LogP contribution in [0.5, 0.6) is 0 Å². The highest BCUT2D eigenvalue weighted by Crippen LogP contribution is 2.28. The van der Waals surface area contributed by atoms with Crippen molar-refractivity contribution in [2.75, 3.05) is 6.54 Å². The minimum absolute atomic E-state index is 0.0461. The quantitative estimate of drug-likeness (QED) is 0.745. The first-order valence-corrected chi connectivity index (χ1v) is 6.95. The van der Waals surface area contributed by atoms with Crippen LogP contribution in [0.2, 0.25) is 0 Å². The van der Waals surface area contributed by atoms with Gasteiger partial charge in [0, 0.05) is 18.5 Å². The van der Waals surface area contributed by atoms with Gasteiger partial charge in [0.05, 0.1) is 0 Å². The van der Waals surface area contributed by atoms with E-state index in [4.69, 9.17) is 11.5 Å². The molecular weight excluding hydrogens is 230 g/mol. The first-order valence-electron chi connectivity index (χ1n) is 6.95. The SMILES string of the molecule is NC(=O)C1CCCCN1C(=O)C1CCC(N)CC1. The van der Waals surface area contributed by atoms with Gasteiger partial charge in [0.25, 0.3) is 0 Å². The molecule has 0 spiro atoms. The van der Waals surface area contributed by atoms with Crippen LogP contribution >= 0.6 is 0 Å². The van der Waals surface area contributed by atoms with Crippen LogP contribution in [0, 0.1) is 5.92 Å². The molecule has 18 heavy (non-hydrogen) atoms. The molecule has 0 aromatic rings. The molecule has 2 amide bonds. The molecule has 1 saturated heterocycles. The largest absolute Gasteiger partial charge is 0.368 e. The lowest BCUT2D eigenvalue weighted by molar-refractivity contribution is -0.145. The summed E-state index contributed by atoms with van der Waals surface area (Å²) < 4.78 is 0. The molecule has 1 atom stereocenters. The van der Waals surface area contributed by atoms with E-state index in [1.807, 2.05) is 0 Å². The monoisotopic (exact) mass is 253 g/mol. The molecule has 5 nitrogen and oxygen atoms in total. The number of piperidine rings is 1. The van der Waals surface area contributed by atoms with Crippen molar-refractivity contribution in [1.82, 2.24) is 4.90 Å². The van der Waals surface area contributed by atoms with Crippen LogP contribution in [0.15, 0.2) is 0 Å². The van der Waals surface area contributed by atoms with Crippen LogP contribution in [0.4, 0.5) is 0 Å². The summed E-state index contributed by atoms with van der Waals surface area (Å²) in [5, 5.41) is 0. The average Bonchev–Trinajstić information content (AvgIpc) is 2.39. The maximum Gasteiger partial charge on any atom is 0.240 e. The van der Waals surface area contributed by atoms with E-state index in [9.17, 15) is 9.59 Å². The lowest BCUT2D eigenvalue weighted by Gasteiger charge is -2.37. The fraction of sp³-hybridized carbons (Fsp3) is 0.846. The zero-order valence-corrected chi connectivity index (χ0v) is 10.8. The Kier molecular flexibility index (Phi) is 4.22. The second-order valence-electron chi connectivity index (χ2n) is 5.56. The van der Waals surface area contributed by atoms with Gasteiger partial charge in [0.15, 0.2) is 0 Å². The summed E-state index contributed by atoms with van der Waals surface area (Å²) in [5.74, 6) is -0.203. The number of rotatable bonds is 2. The Morgan fingerprint density at radius 3 is 2.28 bits per heavy atom. The highest BCUT2D eigenvalue weighted by molar-refractivity contribution is 5.87. The van der Waals surface area contributed by atoms with E-state index in [1.54, 1.807) is 4.90 Å². The van der Waals surface area contributed by atoms with Crippen molar-refractivity contribution in [2.24, 2.45) is 17.4 Å². The van der Waals surface area contributed by atoms with Gasteiger partial charge in [-0.05, 0) is 44.9 Å². The fourth-order valence-electron chi connectivity index (χ4n) is 3.09. The Bertz CT molecular complexity index is 324. The molecule has 0 bridgehead atoms. The molecule has 2 aliphatic rings. The Hall–Kier alpha value is -1.10.